The molecule has 0 aromatic carbocycles. The van der Waals surface area contributed by atoms with Gasteiger partial charge in [0.25, 0.3) is 0 Å². The van der Waals surface area contributed by atoms with Gasteiger partial charge >= 0.3 is 11.9 Å². The van der Waals surface area contributed by atoms with Crippen molar-refractivity contribution in [2.24, 2.45) is 0 Å². The Hall–Kier alpha value is -1.18. The number of hydrogen-bond acceptors (Lipinski definition) is 7. The molecule has 172 valence electrons. The molecule has 0 aliphatic heterocycles. The zero-order valence-electron chi connectivity index (χ0n) is 19.4. The van der Waals surface area contributed by atoms with Crippen LogP contribution in [0.1, 0.15) is 80.6 Å². The molecule has 0 aromatic heterocycles. The molecule has 0 heterocycles. The Kier molecular flexibility index (Phi) is 45.0. The SMILES string of the molecule is CCCCO.CCCCOC(C)=O.CCOCC.CCOCCC(=O)OCC. The van der Waals surface area contributed by atoms with Gasteiger partial charge in [0.2, 0.25) is 0 Å². The third kappa shape index (κ3) is 56.3. The Morgan fingerprint density at radius 1 is 0.714 bits per heavy atom. The number of hydrogen-bond donors (Lipinski definition) is 1. The summed E-state index contributed by atoms with van der Waals surface area (Å²) in [5.74, 6) is -0.366. The van der Waals surface area contributed by atoms with Gasteiger partial charge in [-0.15, -0.1) is 0 Å². The fourth-order valence-electron chi connectivity index (χ4n) is 1.26. The van der Waals surface area contributed by atoms with Crippen LogP contribution in [0.15, 0.2) is 0 Å². The third-order valence-electron chi connectivity index (χ3n) is 2.68. The van der Waals surface area contributed by atoms with Crippen molar-refractivity contribution in [1.82, 2.24) is 0 Å². The Morgan fingerprint density at radius 2 is 1.25 bits per heavy atom. The zero-order valence-corrected chi connectivity index (χ0v) is 19.4. The van der Waals surface area contributed by atoms with Crippen LogP contribution < -0.4 is 0 Å². The van der Waals surface area contributed by atoms with E-state index < -0.39 is 0 Å². The number of ether oxygens (including phenoxy) is 4. The molecule has 0 spiro atoms. The zero-order chi connectivity index (χ0) is 22.5. The molecular formula is C21H46O7. The van der Waals surface area contributed by atoms with E-state index in [-0.39, 0.29) is 11.9 Å². The first-order valence-corrected chi connectivity index (χ1v) is 10.5. The van der Waals surface area contributed by atoms with Crippen LogP contribution in [-0.4, -0.2) is 63.3 Å². The van der Waals surface area contributed by atoms with Gasteiger partial charge in [0.05, 0.1) is 26.2 Å². The van der Waals surface area contributed by atoms with Gasteiger partial charge in [-0.25, -0.2) is 0 Å². The summed E-state index contributed by atoms with van der Waals surface area (Å²) in [6.45, 7) is 17.4. The first-order chi connectivity index (χ1) is 13.4. The molecule has 28 heavy (non-hydrogen) atoms. The summed E-state index contributed by atoms with van der Waals surface area (Å²) in [6.07, 6.45) is 4.45. The minimum atomic E-state index is -0.184. The lowest BCUT2D eigenvalue weighted by atomic mass is 10.4. The summed E-state index contributed by atoms with van der Waals surface area (Å²) < 4.78 is 19.1. The molecule has 0 atom stereocenters. The van der Waals surface area contributed by atoms with Crippen molar-refractivity contribution in [2.45, 2.75) is 80.6 Å². The summed E-state index contributed by atoms with van der Waals surface area (Å²) in [5.41, 5.74) is 0. The molecule has 0 aliphatic rings. The molecule has 0 bridgehead atoms. The van der Waals surface area contributed by atoms with Crippen molar-refractivity contribution in [2.75, 3.05) is 46.2 Å². The van der Waals surface area contributed by atoms with Crippen LogP contribution in [-0.2, 0) is 28.5 Å². The van der Waals surface area contributed by atoms with Crippen molar-refractivity contribution in [3.8, 4) is 0 Å². The van der Waals surface area contributed by atoms with Crippen molar-refractivity contribution in [3.05, 3.63) is 0 Å². The molecule has 0 amide bonds. The number of rotatable bonds is 12. The third-order valence-corrected chi connectivity index (χ3v) is 2.68. The van der Waals surface area contributed by atoms with Crippen LogP contribution in [0.25, 0.3) is 0 Å². The van der Waals surface area contributed by atoms with Gasteiger partial charge in [-0.3, -0.25) is 9.59 Å². The highest BCUT2D eigenvalue weighted by atomic mass is 16.5. The van der Waals surface area contributed by atoms with Gasteiger partial charge in [-0.2, -0.15) is 0 Å². The molecule has 0 radical (unpaired) electrons. The minimum Gasteiger partial charge on any atom is -0.466 e. The Labute approximate surface area is 173 Å². The van der Waals surface area contributed by atoms with E-state index in [0.29, 0.717) is 39.5 Å². The Bertz CT molecular complexity index is 274. The second kappa shape index (κ2) is 36.7. The molecule has 0 fully saturated rings. The van der Waals surface area contributed by atoms with Crippen LogP contribution in [0.4, 0.5) is 0 Å². The smallest absolute Gasteiger partial charge is 0.308 e. The Morgan fingerprint density at radius 3 is 1.54 bits per heavy atom. The van der Waals surface area contributed by atoms with E-state index in [1.165, 1.54) is 6.92 Å². The van der Waals surface area contributed by atoms with E-state index in [1.807, 2.05) is 20.8 Å². The summed E-state index contributed by atoms with van der Waals surface area (Å²) in [4.78, 5) is 20.7. The first kappa shape index (κ1) is 34.3. The molecule has 0 rings (SSSR count). The highest BCUT2D eigenvalue weighted by molar-refractivity contribution is 5.69. The number of aliphatic hydroxyl groups excluding tert-OH is 1. The monoisotopic (exact) mass is 410 g/mol. The van der Waals surface area contributed by atoms with Crippen LogP contribution in [0.2, 0.25) is 0 Å². The summed E-state index contributed by atoms with van der Waals surface area (Å²) >= 11 is 0. The van der Waals surface area contributed by atoms with E-state index in [9.17, 15) is 9.59 Å². The van der Waals surface area contributed by atoms with Gasteiger partial charge in [-0.05, 0) is 40.5 Å². The van der Waals surface area contributed by atoms with Gasteiger partial charge < -0.3 is 24.1 Å². The van der Waals surface area contributed by atoms with E-state index in [0.717, 1.165) is 38.9 Å². The highest BCUT2D eigenvalue weighted by Crippen LogP contribution is 1.87. The number of esters is 2. The summed E-state index contributed by atoms with van der Waals surface area (Å²) in [6, 6.07) is 0. The molecule has 7 heteroatoms. The van der Waals surface area contributed by atoms with Crippen LogP contribution >= 0.6 is 0 Å². The fraction of sp³-hybridized carbons (Fsp3) is 0.905. The highest BCUT2D eigenvalue weighted by Gasteiger charge is 1.98. The van der Waals surface area contributed by atoms with Gasteiger partial charge in [0, 0.05) is 33.4 Å². The van der Waals surface area contributed by atoms with E-state index in [2.05, 4.69) is 23.3 Å². The molecule has 0 aromatic rings. The predicted octanol–water partition coefficient (Wildman–Crippen LogP) is 4.15. The molecule has 1 N–H and O–H groups in total. The lowest BCUT2D eigenvalue weighted by molar-refractivity contribution is -0.144. The first-order valence-electron chi connectivity index (χ1n) is 10.5. The van der Waals surface area contributed by atoms with Crippen molar-refractivity contribution >= 4 is 11.9 Å². The maximum atomic E-state index is 10.6. The standard InChI is InChI=1S/C7H14O3.C6H12O2.2C4H10O/c1-3-9-6-5-7(8)10-4-2;1-3-4-5-8-6(2)7;1-3-5-4-2;1-2-3-4-5/h3-6H2,1-2H3;3-5H2,1-2H3;3-4H2,1-2H3;5H,2-4H2,1H3. The number of aliphatic hydroxyl groups is 1. The largest absolute Gasteiger partial charge is 0.466 e. The normalized spacial score (nSPS) is 8.86. The van der Waals surface area contributed by atoms with E-state index in [1.54, 1.807) is 6.92 Å². The maximum absolute atomic E-state index is 10.6. The minimum absolute atomic E-state index is 0.182. The average Bonchev–Trinajstić information content (AvgIpc) is 2.65. The van der Waals surface area contributed by atoms with Gasteiger partial charge in [0.15, 0.2) is 0 Å². The predicted molar refractivity (Wildman–Crippen MR) is 113 cm³/mol. The topological polar surface area (TPSA) is 91.3 Å². The molecular weight excluding hydrogens is 364 g/mol. The lowest BCUT2D eigenvalue weighted by Crippen LogP contribution is -2.07. The fourth-order valence-corrected chi connectivity index (χ4v) is 1.26. The summed E-state index contributed by atoms with van der Waals surface area (Å²) in [7, 11) is 0. The molecule has 0 saturated carbocycles. The second-order valence-corrected chi connectivity index (χ2v) is 5.30. The average molecular weight is 411 g/mol. The summed E-state index contributed by atoms with van der Waals surface area (Å²) in [5, 5.41) is 8.07. The molecule has 7 nitrogen and oxygen atoms in total. The van der Waals surface area contributed by atoms with E-state index >= 15 is 0 Å². The number of carbonyl (C=O) groups excluding carboxylic acids is 2. The quantitative estimate of drug-likeness (QED) is 0.382. The van der Waals surface area contributed by atoms with Crippen LogP contribution in [0.5, 0.6) is 0 Å². The Balaban J connectivity index is -0.000000144. The van der Waals surface area contributed by atoms with Gasteiger partial charge in [0.1, 0.15) is 0 Å². The van der Waals surface area contributed by atoms with Crippen molar-refractivity contribution in [3.63, 3.8) is 0 Å². The lowest BCUT2D eigenvalue weighted by Gasteiger charge is -2.00. The molecule has 0 saturated heterocycles. The molecule has 0 aliphatic carbocycles. The second-order valence-electron chi connectivity index (χ2n) is 5.30. The number of carbonyl (C=O) groups is 2. The molecule has 0 unspecified atom stereocenters. The van der Waals surface area contributed by atoms with Gasteiger partial charge in [-0.1, -0.05) is 26.7 Å². The van der Waals surface area contributed by atoms with Crippen LogP contribution in [0, 0.1) is 0 Å². The van der Waals surface area contributed by atoms with Crippen molar-refractivity contribution < 1.29 is 33.6 Å². The van der Waals surface area contributed by atoms with Crippen molar-refractivity contribution in [1.29, 1.82) is 0 Å². The van der Waals surface area contributed by atoms with E-state index in [4.69, 9.17) is 14.6 Å². The number of unbranched alkanes of at least 4 members (excludes halogenated alkanes) is 2. The maximum Gasteiger partial charge on any atom is 0.308 e. The van der Waals surface area contributed by atoms with Crippen LogP contribution in [0.3, 0.4) is 0 Å².